The first-order chi connectivity index (χ1) is 9.49. The van der Waals surface area contributed by atoms with Gasteiger partial charge in [-0.15, -0.1) is 0 Å². The Hall–Kier alpha value is -0.650. The van der Waals surface area contributed by atoms with Crippen LogP contribution in [0.3, 0.4) is 0 Å². The highest BCUT2D eigenvalue weighted by atomic mass is 16.5. The molecule has 5 heteroatoms. The van der Waals surface area contributed by atoms with Crippen LogP contribution in [0.1, 0.15) is 39.5 Å². The second-order valence-electron chi connectivity index (χ2n) is 6.63. The number of carbonyl (C=O) groups excluding carboxylic acids is 1. The maximum absolute atomic E-state index is 12.2. The lowest BCUT2D eigenvalue weighted by Crippen LogP contribution is -2.54. The summed E-state index contributed by atoms with van der Waals surface area (Å²) in [7, 11) is 0. The van der Waals surface area contributed by atoms with Crippen LogP contribution in [0.5, 0.6) is 0 Å². The molecule has 2 N–H and O–H groups in total. The second kappa shape index (κ2) is 6.87. The summed E-state index contributed by atoms with van der Waals surface area (Å²) in [5.41, 5.74) is 6.11. The molecule has 2 heterocycles. The summed E-state index contributed by atoms with van der Waals surface area (Å²) in [4.78, 5) is 14.2. The first-order valence-electron chi connectivity index (χ1n) is 7.72. The molecule has 2 fully saturated rings. The van der Waals surface area contributed by atoms with Gasteiger partial charge in [0, 0.05) is 32.3 Å². The van der Waals surface area contributed by atoms with Crippen molar-refractivity contribution < 1.29 is 14.3 Å². The minimum absolute atomic E-state index is 0.00940. The van der Waals surface area contributed by atoms with Gasteiger partial charge < -0.3 is 20.1 Å². The topological polar surface area (TPSA) is 64.8 Å². The number of piperidine rings is 1. The van der Waals surface area contributed by atoms with Crippen LogP contribution in [-0.2, 0) is 14.3 Å². The van der Waals surface area contributed by atoms with Crippen molar-refractivity contribution in [3.05, 3.63) is 0 Å². The average molecular weight is 284 g/mol. The highest BCUT2D eigenvalue weighted by molar-refractivity contribution is 5.76. The molecule has 0 bridgehead atoms. The summed E-state index contributed by atoms with van der Waals surface area (Å²) >= 11 is 0. The molecule has 2 rings (SSSR count). The fraction of sp³-hybridized carbons (Fsp3) is 0.933. The molecule has 2 aliphatic heterocycles. The molecule has 5 nitrogen and oxygen atoms in total. The molecule has 2 aliphatic rings. The monoisotopic (exact) mass is 284 g/mol. The third-order valence-electron chi connectivity index (χ3n) is 4.50. The summed E-state index contributed by atoms with van der Waals surface area (Å²) in [6.45, 7) is 7.87. The molecule has 0 radical (unpaired) electrons. The zero-order valence-electron chi connectivity index (χ0n) is 12.8. The normalized spacial score (nSPS) is 27.6. The van der Waals surface area contributed by atoms with Gasteiger partial charge in [-0.25, -0.2) is 0 Å². The van der Waals surface area contributed by atoms with Crippen molar-refractivity contribution in [1.29, 1.82) is 0 Å². The first-order valence-corrected chi connectivity index (χ1v) is 7.72. The maximum Gasteiger partial charge on any atom is 0.224 e. The smallest absolute Gasteiger partial charge is 0.224 e. The largest absolute Gasteiger partial charge is 0.381 e. The number of rotatable bonds is 4. The van der Waals surface area contributed by atoms with Gasteiger partial charge in [0.05, 0.1) is 19.1 Å². The molecule has 1 unspecified atom stereocenters. The van der Waals surface area contributed by atoms with Crippen molar-refractivity contribution in [2.24, 2.45) is 11.1 Å². The van der Waals surface area contributed by atoms with E-state index in [-0.39, 0.29) is 23.5 Å². The predicted octanol–water partition coefficient (Wildman–Crippen LogP) is 1.16. The fourth-order valence-corrected chi connectivity index (χ4v) is 2.90. The lowest BCUT2D eigenvalue weighted by molar-refractivity contribution is -0.136. The molecule has 0 aliphatic carbocycles. The number of amides is 1. The van der Waals surface area contributed by atoms with E-state index in [9.17, 15) is 4.79 Å². The Balaban J connectivity index is 1.69. The Labute approximate surface area is 121 Å². The quantitative estimate of drug-likeness (QED) is 0.841. The number of ether oxygens (including phenoxy) is 2. The Kier molecular flexibility index (Phi) is 5.41. The van der Waals surface area contributed by atoms with Crippen LogP contribution in [0, 0.1) is 5.41 Å². The highest BCUT2D eigenvalue weighted by Crippen LogP contribution is 2.28. The highest BCUT2D eigenvalue weighted by Gasteiger charge is 2.35. The summed E-state index contributed by atoms with van der Waals surface area (Å²) in [5, 5.41) is 0. The molecule has 0 spiro atoms. The van der Waals surface area contributed by atoms with Crippen molar-refractivity contribution in [1.82, 2.24) is 4.90 Å². The summed E-state index contributed by atoms with van der Waals surface area (Å²) in [5.74, 6) is 0.192. The van der Waals surface area contributed by atoms with Crippen molar-refractivity contribution in [3.8, 4) is 0 Å². The van der Waals surface area contributed by atoms with Crippen LogP contribution in [0.2, 0.25) is 0 Å². The molecule has 0 saturated carbocycles. The molecule has 2 saturated heterocycles. The van der Waals surface area contributed by atoms with Crippen LogP contribution in [-0.4, -0.2) is 55.9 Å². The number of likely N-dealkylation sites (tertiary alicyclic amines) is 1. The molecule has 20 heavy (non-hydrogen) atoms. The van der Waals surface area contributed by atoms with Gasteiger partial charge >= 0.3 is 0 Å². The number of nitrogens with zero attached hydrogens (tertiary/aromatic N) is 1. The van der Waals surface area contributed by atoms with E-state index in [0.717, 1.165) is 45.6 Å². The maximum atomic E-state index is 12.2. The number of hydrogen-bond donors (Lipinski definition) is 1. The van der Waals surface area contributed by atoms with Crippen LogP contribution in [0.25, 0.3) is 0 Å². The van der Waals surface area contributed by atoms with Crippen molar-refractivity contribution in [3.63, 3.8) is 0 Å². The van der Waals surface area contributed by atoms with Crippen LogP contribution < -0.4 is 5.73 Å². The Bertz CT molecular complexity index is 327. The number of carbonyl (C=O) groups is 1. The zero-order chi connectivity index (χ0) is 14.6. The predicted molar refractivity (Wildman–Crippen MR) is 77.4 cm³/mol. The Morgan fingerprint density at radius 2 is 2.05 bits per heavy atom. The van der Waals surface area contributed by atoms with Gasteiger partial charge in [0.25, 0.3) is 0 Å². The van der Waals surface area contributed by atoms with E-state index in [1.807, 2.05) is 4.90 Å². The number of hydrogen-bond acceptors (Lipinski definition) is 4. The van der Waals surface area contributed by atoms with E-state index in [1.54, 1.807) is 0 Å². The van der Waals surface area contributed by atoms with Gasteiger partial charge in [0.1, 0.15) is 0 Å². The second-order valence-corrected chi connectivity index (χ2v) is 6.63. The Morgan fingerprint density at radius 1 is 1.35 bits per heavy atom. The van der Waals surface area contributed by atoms with Crippen molar-refractivity contribution in [2.75, 3.05) is 32.9 Å². The minimum Gasteiger partial charge on any atom is -0.381 e. The van der Waals surface area contributed by atoms with E-state index >= 15 is 0 Å². The van der Waals surface area contributed by atoms with E-state index in [4.69, 9.17) is 15.2 Å². The Morgan fingerprint density at radius 3 is 2.70 bits per heavy atom. The first kappa shape index (κ1) is 15.7. The lowest BCUT2D eigenvalue weighted by Gasteiger charge is -2.42. The molecule has 1 amide bonds. The van der Waals surface area contributed by atoms with Gasteiger partial charge in [0.2, 0.25) is 5.91 Å². The standard InChI is InChI=1S/C15H28N2O3/c1-15(2)11-17(7-3-13(15)16)14(18)6-10-20-12-4-8-19-9-5-12/h12-13H,3-11,16H2,1-2H3. The molecular weight excluding hydrogens is 256 g/mol. The molecule has 116 valence electrons. The number of nitrogens with two attached hydrogens (primary N) is 1. The van der Waals surface area contributed by atoms with Gasteiger partial charge in [-0.2, -0.15) is 0 Å². The zero-order valence-corrected chi connectivity index (χ0v) is 12.8. The molecule has 1 atom stereocenters. The van der Waals surface area contributed by atoms with Crippen molar-refractivity contribution in [2.45, 2.75) is 51.7 Å². The summed E-state index contributed by atoms with van der Waals surface area (Å²) in [6.07, 6.45) is 3.52. The van der Waals surface area contributed by atoms with Crippen molar-refractivity contribution >= 4 is 5.91 Å². The summed E-state index contributed by atoms with van der Waals surface area (Å²) < 4.78 is 11.1. The fourth-order valence-electron chi connectivity index (χ4n) is 2.90. The van der Waals surface area contributed by atoms with Gasteiger partial charge in [-0.05, 0) is 24.7 Å². The minimum atomic E-state index is 0.00940. The summed E-state index contributed by atoms with van der Waals surface area (Å²) in [6, 6.07) is 0.185. The van der Waals surface area contributed by atoms with Gasteiger partial charge in [-0.3, -0.25) is 4.79 Å². The van der Waals surface area contributed by atoms with E-state index < -0.39 is 0 Å². The molecule has 0 aromatic rings. The van der Waals surface area contributed by atoms with E-state index in [2.05, 4.69) is 13.8 Å². The van der Waals surface area contributed by atoms with Gasteiger partial charge in [0.15, 0.2) is 0 Å². The van der Waals surface area contributed by atoms with E-state index in [0.29, 0.717) is 13.0 Å². The lowest BCUT2D eigenvalue weighted by atomic mass is 9.79. The SMILES string of the molecule is CC1(C)CN(C(=O)CCOC2CCOCC2)CCC1N. The third-order valence-corrected chi connectivity index (χ3v) is 4.50. The van der Waals surface area contributed by atoms with Crippen LogP contribution >= 0.6 is 0 Å². The van der Waals surface area contributed by atoms with Crippen LogP contribution in [0.4, 0.5) is 0 Å². The molecular formula is C15H28N2O3. The van der Waals surface area contributed by atoms with Crippen LogP contribution in [0.15, 0.2) is 0 Å². The molecule has 0 aromatic heterocycles. The average Bonchev–Trinajstić information content (AvgIpc) is 2.43. The third kappa shape index (κ3) is 4.17. The van der Waals surface area contributed by atoms with Gasteiger partial charge in [-0.1, -0.05) is 13.8 Å². The molecule has 0 aromatic carbocycles. The van der Waals surface area contributed by atoms with E-state index in [1.165, 1.54) is 0 Å².